The summed E-state index contributed by atoms with van der Waals surface area (Å²) in [7, 11) is 1.59. The lowest BCUT2D eigenvalue weighted by molar-refractivity contribution is 0.247. The van der Waals surface area contributed by atoms with Crippen molar-refractivity contribution < 1.29 is 14.3 Å². The first-order valence-electron chi connectivity index (χ1n) is 9.10. The van der Waals surface area contributed by atoms with Gasteiger partial charge in [-0.2, -0.15) is 0 Å². The van der Waals surface area contributed by atoms with E-state index >= 15 is 0 Å². The molecule has 26 heavy (non-hydrogen) atoms. The first-order chi connectivity index (χ1) is 12.7. The number of benzene rings is 2. The van der Waals surface area contributed by atoms with Crippen molar-refractivity contribution in [1.29, 1.82) is 0 Å². The van der Waals surface area contributed by atoms with E-state index in [9.17, 15) is 4.79 Å². The number of amides is 2. The van der Waals surface area contributed by atoms with Crippen molar-refractivity contribution in [3.63, 3.8) is 0 Å². The molecule has 0 aromatic heterocycles. The quantitative estimate of drug-likeness (QED) is 0.769. The molecule has 5 nitrogen and oxygen atoms in total. The van der Waals surface area contributed by atoms with Crippen LogP contribution in [0.15, 0.2) is 36.4 Å². The second-order valence-corrected chi connectivity index (χ2v) is 6.53. The van der Waals surface area contributed by atoms with E-state index in [1.807, 2.05) is 37.3 Å². The molecular weight excluding hydrogens is 328 g/mol. The van der Waals surface area contributed by atoms with E-state index in [1.165, 1.54) is 24.0 Å². The first-order valence-corrected chi connectivity index (χ1v) is 9.10. The molecule has 2 N–H and O–H groups in total. The van der Waals surface area contributed by atoms with Crippen molar-refractivity contribution in [2.24, 2.45) is 0 Å². The topological polar surface area (TPSA) is 59.6 Å². The molecule has 1 aliphatic carbocycles. The van der Waals surface area contributed by atoms with E-state index in [4.69, 9.17) is 9.47 Å². The number of urea groups is 1. The summed E-state index contributed by atoms with van der Waals surface area (Å²) in [6.07, 6.45) is 4.67. The number of ether oxygens (including phenoxy) is 2. The maximum Gasteiger partial charge on any atom is 0.319 e. The summed E-state index contributed by atoms with van der Waals surface area (Å²) in [5, 5.41) is 5.64. The van der Waals surface area contributed by atoms with Gasteiger partial charge in [-0.05, 0) is 67.5 Å². The summed E-state index contributed by atoms with van der Waals surface area (Å²) >= 11 is 0. The van der Waals surface area contributed by atoms with Crippen molar-refractivity contribution in [3.05, 3.63) is 53.1 Å². The maximum atomic E-state index is 12.1. The monoisotopic (exact) mass is 354 g/mol. The Hall–Kier alpha value is -2.69. The Labute approximate surface area is 154 Å². The highest BCUT2D eigenvalue weighted by Crippen LogP contribution is 2.29. The van der Waals surface area contributed by atoms with E-state index in [2.05, 4.69) is 16.7 Å². The summed E-state index contributed by atoms with van der Waals surface area (Å²) in [5.74, 6) is 1.59. The second kappa shape index (κ2) is 8.61. The van der Waals surface area contributed by atoms with Gasteiger partial charge in [0.1, 0.15) is 18.1 Å². The van der Waals surface area contributed by atoms with Crippen molar-refractivity contribution in [3.8, 4) is 11.5 Å². The van der Waals surface area contributed by atoms with E-state index < -0.39 is 0 Å². The van der Waals surface area contributed by atoms with Crippen LogP contribution >= 0.6 is 0 Å². The predicted octanol–water partition coefficient (Wildman–Crippen LogP) is 4.08. The van der Waals surface area contributed by atoms with Crippen LogP contribution in [0.2, 0.25) is 0 Å². The summed E-state index contributed by atoms with van der Waals surface area (Å²) in [6, 6.07) is 11.6. The number of anilines is 1. The highest BCUT2D eigenvalue weighted by atomic mass is 16.5. The lowest BCUT2D eigenvalue weighted by Crippen LogP contribution is -2.32. The molecule has 0 atom stereocenters. The van der Waals surface area contributed by atoms with E-state index in [0.29, 0.717) is 24.6 Å². The molecule has 0 unspecified atom stereocenters. The van der Waals surface area contributed by atoms with Gasteiger partial charge in [-0.25, -0.2) is 4.79 Å². The lowest BCUT2D eigenvalue weighted by Gasteiger charge is -2.19. The SMILES string of the molecule is COc1ccc(C)cc1NC(=O)NCCOc1cccc2c1CCCC2. The molecule has 2 aromatic rings. The average molecular weight is 354 g/mol. The number of carbonyl (C=O) groups is 1. The molecule has 138 valence electrons. The number of hydrogen-bond acceptors (Lipinski definition) is 3. The van der Waals surface area contributed by atoms with Gasteiger partial charge in [0.25, 0.3) is 0 Å². The number of hydrogen-bond donors (Lipinski definition) is 2. The maximum absolute atomic E-state index is 12.1. The van der Waals surface area contributed by atoms with E-state index in [1.54, 1.807) is 7.11 Å². The fourth-order valence-electron chi connectivity index (χ4n) is 3.29. The Bertz CT molecular complexity index is 774. The van der Waals surface area contributed by atoms with Crippen LogP contribution in [0.25, 0.3) is 0 Å². The highest BCUT2D eigenvalue weighted by Gasteiger charge is 2.13. The summed E-state index contributed by atoms with van der Waals surface area (Å²) < 4.78 is 11.2. The lowest BCUT2D eigenvalue weighted by atomic mass is 9.91. The molecule has 0 aliphatic heterocycles. The zero-order chi connectivity index (χ0) is 18.4. The standard InChI is InChI=1S/C21H26N2O3/c1-15-10-11-20(25-2)18(14-15)23-21(24)22-12-13-26-19-9-5-7-16-6-3-4-8-17(16)19/h5,7,9-11,14H,3-4,6,8,12-13H2,1-2H3,(H2,22,23,24). The van der Waals surface area contributed by atoms with Gasteiger partial charge in [-0.1, -0.05) is 18.2 Å². The van der Waals surface area contributed by atoms with Crippen molar-refractivity contribution in [2.45, 2.75) is 32.6 Å². The molecule has 0 bridgehead atoms. The molecular formula is C21H26N2O3. The number of rotatable bonds is 6. The molecule has 0 heterocycles. The second-order valence-electron chi connectivity index (χ2n) is 6.53. The molecule has 2 amide bonds. The minimum atomic E-state index is -0.271. The van der Waals surface area contributed by atoms with Crippen LogP contribution < -0.4 is 20.1 Å². The van der Waals surface area contributed by atoms with Gasteiger partial charge in [-0.15, -0.1) is 0 Å². The number of nitrogens with one attached hydrogen (secondary N) is 2. The molecule has 0 saturated heterocycles. The third-order valence-corrected chi connectivity index (χ3v) is 4.60. The van der Waals surface area contributed by atoms with Crippen LogP contribution in [-0.4, -0.2) is 26.3 Å². The zero-order valence-corrected chi connectivity index (χ0v) is 15.4. The fraction of sp³-hybridized carbons (Fsp3) is 0.381. The summed E-state index contributed by atoms with van der Waals surface area (Å²) in [4.78, 5) is 12.1. The van der Waals surface area contributed by atoms with Gasteiger partial charge in [0.15, 0.2) is 0 Å². The molecule has 0 fully saturated rings. The fourth-order valence-corrected chi connectivity index (χ4v) is 3.29. The van der Waals surface area contributed by atoms with Crippen LogP contribution in [-0.2, 0) is 12.8 Å². The molecule has 0 radical (unpaired) electrons. The van der Waals surface area contributed by atoms with Crippen LogP contribution in [0.5, 0.6) is 11.5 Å². The number of methoxy groups -OCH3 is 1. The highest BCUT2D eigenvalue weighted by molar-refractivity contribution is 5.91. The Morgan fingerprint density at radius 1 is 1.12 bits per heavy atom. The van der Waals surface area contributed by atoms with Crippen LogP contribution in [0.4, 0.5) is 10.5 Å². The third kappa shape index (κ3) is 4.48. The van der Waals surface area contributed by atoms with Gasteiger partial charge < -0.3 is 20.1 Å². The van der Waals surface area contributed by atoms with E-state index in [-0.39, 0.29) is 6.03 Å². The molecule has 0 spiro atoms. The van der Waals surface area contributed by atoms with Crippen molar-refractivity contribution in [1.82, 2.24) is 5.32 Å². The molecule has 0 saturated carbocycles. The third-order valence-electron chi connectivity index (χ3n) is 4.60. The van der Waals surface area contributed by atoms with Crippen LogP contribution in [0, 0.1) is 6.92 Å². The van der Waals surface area contributed by atoms with Crippen molar-refractivity contribution >= 4 is 11.7 Å². The molecule has 1 aliphatic rings. The Morgan fingerprint density at radius 2 is 1.96 bits per heavy atom. The number of aryl methyl sites for hydroxylation is 2. The largest absolute Gasteiger partial charge is 0.495 e. The van der Waals surface area contributed by atoms with Gasteiger partial charge in [0.2, 0.25) is 0 Å². The van der Waals surface area contributed by atoms with Gasteiger partial charge in [0, 0.05) is 0 Å². The molecule has 5 heteroatoms. The molecule has 2 aromatic carbocycles. The zero-order valence-electron chi connectivity index (χ0n) is 15.4. The minimum absolute atomic E-state index is 0.271. The first kappa shape index (κ1) is 18.1. The van der Waals surface area contributed by atoms with Gasteiger partial charge >= 0.3 is 6.03 Å². The van der Waals surface area contributed by atoms with Crippen LogP contribution in [0.1, 0.15) is 29.5 Å². The Kier molecular flexibility index (Phi) is 6.00. The number of fused-ring (bicyclic) bond motifs is 1. The number of carbonyl (C=O) groups excluding carboxylic acids is 1. The summed E-state index contributed by atoms with van der Waals surface area (Å²) in [5.41, 5.74) is 4.43. The summed E-state index contributed by atoms with van der Waals surface area (Å²) in [6.45, 7) is 2.84. The smallest absolute Gasteiger partial charge is 0.319 e. The van der Waals surface area contributed by atoms with Crippen molar-refractivity contribution in [2.75, 3.05) is 25.6 Å². The van der Waals surface area contributed by atoms with E-state index in [0.717, 1.165) is 24.2 Å². The Balaban J connectivity index is 1.48. The van der Waals surface area contributed by atoms with Crippen LogP contribution in [0.3, 0.4) is 0 Å². The predicted molar refractivity (Wildman–Crippen MR) is 103 cm³/mol. The Morgan fingerprint density at radius 3 is 2.81 bits per heavy atom. The van der Waals surface area contributed by atoms with Gasteiger partial charge in [-0.3, -0.25) is 0 Å². The average Bonchev–Trinajstić information content (AvgIpc) is 2.65. The molecule has 3 rings (SSSR count). The normalized spacial score (nSPS) is 12.8. The van der Waals surface area contributed by atoms with Gasteiger partial charge in [0.05, 0.1) is 19.3 Å². The minimum Gasteiger partial charge on any atom is -0.495 e.